The monoisotopic (exact) mass is 291 g/mol. The second kappa shape index (κ2) is 5.28. The van der Waals surface area contributed by atoms with Crippen LogP contribution in [0.3, 0.4) is 0 Å². The Hall–Kier alpha value is -2.09. The van der Waals surface area contributed by atoms with Crippen molar-refractivity contribution in [2.75, 3.05) is 0 Å². The van der Waals surface area contributed by atoms with E-state index in [2.05, 4.69) is 59.5 Å². The Labute approximate surface area is 131 Å². The maximum atomic E-state index is 12.4. The van der Waals surface area contributed by atoms with Crippen molar-refractivity contribution >= 4 is 5.91 Å². The van der Waals surface area contributed by atoms with E-state index in [4.69, 9.17) is 0 Å². The smallest absolute Gasteiger partial charge is 0.223 e. The lowest BCUT2D eigenvalue weighted by atomic mass is 10.0. The fraction of sp³-hybridized carbons (Fsp3) is 0.350. The maximum Gasteiger partial charge on any atom is 0.223 e. The quantitative estimate of drug-likeness (QED) is 0.839. The number of carbonyl (C=O) groups is 1. The van der Waals surface area contributed by atoms with Crippen LogP contribution in [0.15, 0.2) is 60.7 Å². The first kappa shape index (κ1) is 13.6. The Morgan fingerprint density at radius 2 is 1.59 bits per heavy atom. The lowest BCUT2D eigenvalue weighted by Gasteiger charge is -2.26. The molecule has 0 N–H and O–H groups in total. The van der Waals surface area contributed by atoms with Crippen molar-refractivity contribution in [2.24, 2.45) is 5.92 Å². The summed E-state index contributed by atoms with van der Waals surface area (Å²) >= 11 is 0. The number of nitrogens with zero attached hydrogens (tertiary/aromatic N) is 1. The standard InChI is InChI=1S/C20H21NO/c22-19-11-12-20(21(19)15-17-9-5-2-6-10-17)14-18(20)13-16-7-3-1-4-8-16/h1-10,18H,11-15H2/t18-,20-/m1/s1. The van der Waals surface area contributed by atoms with Gasteiger partial charge in [0.15, 0.2) is 0 Å². The molecule has 1 aliphatic carbocycles. The van der Waals surface area contributed by atoms with Crippen LogP contribution in [-0.4, -0.2) is 16.3 Å². The van der Waals surface area contributed by atoms with Gasteiger partial charge in [0.2, 0.25) is 5.91 Å². The second-order valence-electron chi connectivity index (χ2n) is 6.66. The largest absolute Gasteiger partial charge is 0.332 e. The third kappa shape index (κ3) is 2.33. The fourth-order valence-electron chi connectivity index (χ4n) is 4.02. The lowest BCUT2D eigenvalue weighted by molar-refractivity contribution is -0.130. The van der Waals surface area contributed by atoms with Gasteiger partial charge in [-0.1, -0.05) is 60.7 Å². The first-order chi connectivity index (χ1) is 10.8. The summed E-state index contributed by atoms with van der Waals surface area (Å²) in [6.07, 6.45) is 4.02. The Morgan fingerprint density at radius 1 is 0.955 bits per heavy atom. The number of likely N-dealkylation sites (tertiary alicyclic amines) is 1. The number of rotatable bonds is 4. The normalized spacial score (nSPS) is 26.6. The molecule has 1 spiro atoms. The fourth-order valence-corrected chi connectivity index (χ4v) is 4.02. The first-order valence-corrected chi connectivity index (χ1v) is 8.16. The van der Waals surface area contributed by atoms with E-state index in [9.17, 15) is 4.79 Å². The molecule has 1 saturated heterocycles. The second-order valence-corrected chi connectivity index (χ2v) is 6.66. The van der Waals surface area contributed by atoms with Crippen LogP contribution < -0.4 is 0 Å². The van der Waals surface area contributed by atoms with E-state index in [0.29, 0.717) is 11.8 Å². The molecule has 1 amide bonds. The van der Waals surface area contributed by atoms with E-state index in [1.165, 1.54) is 17.5 Å². The summed E-state index contributed by atoms with van der Waals surface area (Å²) in [5.74, 6) is 0.962. The van der Waals surface area contributed by atoms with Crippen molar-refractivity contribution in [3.05, 3.63) is 71.8 Å². The Morgan fingerprint density at radius 3 is 2.27 bits per heavy atom. The van der Waals surface area contributed by atoms with Gasteiger partial charge in [-0.2, -0.15) is 0 Å². The van der Waals surface area contributed by atoms with Gasteiger partial charge in [0.1, 0.15) is 0 Å². The summed E-state index contributed by atoms with van der Waals surface area (Å²) in [6.45, 7) is 0.769. The number of hydrogen-bond donors (Lipinski definition) is 0. The lowest BCUT2D eigenvalue weighted by Crippen LogP contribution is -2.36. The zero-order chi connectivity index (χ0) is 15.0. The van der Waals surface area contributed by atoms with Crippen LogP contribution in [0, 0.1) is 5.92 Å². The SMILES string of the molecule is O=C1CC[C@]2(C[C@H]2Cc2ccccc2)N1Cc1ccccc1. The van der Waals surface area contributed by atoms with Gasteiger partial charge in [-0.15, -0.1) is 0 Å². The summed E-state index contributed by atoms with van der Waals surface area (Å²) in [5, 5.41) is 0. The van der Waals surface area contributed by atoms with E-state index in [1.54, 1.807) is 0 Å². The Bertz CT molecular complexity index is 667. The van der Waals surface area contributed by atoms with Crippen molar-refractivity contribution in [3.8, 4) is 0 Å². The van der Waals surface area contributed by atoms with Gasteiger partial charge >= 0.3 is 0 Å². The summed E-state index contributed by atoms with van der Waals surface area (Å²) in [4.78, 5) is 14.5. The molecule has 0 aromatic heterocycles. The summed E-state index contributed by atoms with van der Waals surface area (Å²) in [6, 6.07) is 21.0. The molecular formula is C20H21NO. The topological polar surface area (TPSA) is 20.3 Å². The molecule has 2 aromatic rings. The van der Waals surface area contributed by atoms with Crippen molar-refractivity contribution in [3.63, 3.8) is 0 Å². The molecule has 2 fully saturated rings. The molecule has 4 rings (SSSR count). The van der Waals surface area contributed by atoms with E-state index in [0.717, 1.165) is 25.8 Å². The highest BCUT2D eigenvalue weighted by atomic mass is 16.2. The minimum atomic E-state index is 0.142. The highest BCUT2D eigenvalue weighted by molar-refractivity contribution is 5.80. The van der Waals surface area contributed by atoms with Crippen LogP contribution in [0.1, 0.15) is 30.4 Å². The van der Waals surface area contributed by atoms with Gasteiger partial charge in [-0.05, 0) is 36.3 Å². The first-order valence-electron chi connectivity index (χ1n) is 8.16. The van der Waals surface area contributed by atoms with Crippen molar-refractivity contribution in [1.82, 2.24) is 4.90 Å². The predicted molar refractivity (Wildman–Crippen MR) is 87.2 cm³/mol. The van der Waals surface area contributed by atoms with E-state index in [1.807, 2.05) is 6.07 Å². The van der Waals surface area contributed by atoms with Gasteiger partial charge < -0.3 is 4.90 Å². The molecule has 22 heavy (non-hydrogen) atoms. The number of benzene rings is 2. The van der Waals surface area contributed by atoms with Gasteiger partial charge in [-0.3, -0.25) is 4.79 Å². The molecule has 1 heterocycles. The molecular weight excluding hydrogens is 270 g/mol. The Balaban J connectivity index is 1.50. The van der Waals surface area contributed by atoms with Crippen molar-refractivity contribution < 1.29 is 4.79 Å². The Kier molecular flexibility index (Phi) is 3.25. The summed E-state index contributed by atoms with van der Waals surface area (Å²) in [5.41, 5.74) is 2.77. The molecule has 2 aromatic carbocycles. The van der Waals surface area contributed by atoms with Crippen LogP contribution in [0.2, 0.25) is 0 Å². The van der Waals surface area contributed by atoms with Crippen LogP contribution in [0.25, 0.3) is 0 Å². The molecule has 2 nitrogen and oxygen atoms in total. The van der Waals surface area contributed by atoms with E-state index < -0.39 is 0 Å². The molecule has 0 unspecified atom stereocenters. The molecule has 2 heteroatoms. The number of carbonyl (C=O) groups excluding carboxylic acids is 1. The molecule has 2 aliphatic rings. The molecule has 1 aliphatic heterocycles. The van der Waals surface area contributed by atoms with Crippen LogP contribution in [0.4, 0.5) is 0 Å². The maximum absolute atomic E-state index is 12.4. The molecule has 112 valence electrons. The zero-order valence-electron chi connectivity index (χ0n) is 12.7. The molecule has 2 atom stereocenters. The number of amides is 1. The average Bonchev–Trinajstić information content (AvgIpc) is 3.16. The minimum Gasteiger partial charge on any atom is -0.332 e. The van der Waals surface area contributed by atoms with E-state index >= 15 is 0 Å². The third-order valence-electron chi connectivity index (χ3n) is 5.32. The third-order valence-corrected chi connectivity index (χ3v) is 5.32. The number of hydrogen-bond acceptors (Lipinski definition) is 1. The van der Waals surface area contributed by atoms with E-state index in [-0.39, 0.29) is 5.54 Å². The highest BCUT2D eigenvalue weighted by Gasteiger charge is 2.61. The molecule has 1 saturated carbocycles. The average molecular weight is 291 g/mol. The summed E-state index contributed by atoms with van der Waals surface area (Å²) in [7, 11) is 0. The van der Waals surface area contributed by atoms with Gasteiger partial charge in [-0.25, -0.2) is 0 Å². The predicted octanol–water partition coefficient (Wildman–Crippen LogP) is 3.81. The summed E-state index contributed by atoms with van der Waals surface area (Å²) < 4.78 is 0. The minimum absolute atomic E-state index is 0.142. The van der Waals surface area contributed by atoms with Crippen LogP contribution in [0.5, 0.6) is 0 Å². The van der Waals surface area contributed by atoms with Crippen molar-refractivity contribution in [1.29, 1.82) is 0 Å². The van der Waals surface area contributed by atoms with Crippen molar-refractivity contribution in [2.45, 2.75) is 37.8 Å². The molecule has 0 bridgehead atoms. The van der Waals surface area contributed by atoms with Gasteiger partial charge in [0.25, 0.3) is 0 Å². The van der Waals surface area contributed by atoms with Crippen LogP contribution >= 0.6 is 0 Å². The highest BCUT2D eigenvalue weighted by Crippen LogP contribution is 2.57. The van der Waals surface area contributed by atoms with Gasteiger partial charge in [0, 0.05) is 18.5 Å². The van der Waals surface area contributed by atoms with Crippen LogP contribution in [-0.2, 0) is 17.8 Å². The zero-order valence-corrected chi connectivity index (χ0v) is 12.7. The van der Waals surface area contributed by atoms with Gasteiger partial charge in [0.05, 0.1) is 0 Å². The molecule has 0 radical (unpaired) electrons.